The standard InChI is InChI=1S/C17H23NO/c1-12-6-8-17(11-18,9-7-12)16(19)15-5-4-13(2)14(3)10-15/h4-5,10,12,16,19H,6-9H2,1-3H3. The van der Waals surface area contributed by atoms with Crippen molar-refractivity contribution in [3.05, 3.63) is 34.9 Å². The summed E-state index contributed by atoms with van der Waals surface area (Å²) in [4.78, 5) is 0. The van der Waals surface area contributed by atoms with Crippen LogP contribution in [0.5, 0.6) is 0 Å². The van der Waals surface area contributed by atoms with Crippen LogP contribution in [0.2, 0.25) is 0 Å². The summed E-state index contributed by atoms with van der Waals surface area (Å²) in [6, 6.07) is 8.44. The van der Waals surface area contributed by atoms with E-state index in [1.165, 1.54) is 11.1 Å². The maximum absolute atomic E-state index is 10.7. The molecule has 1 aromatic rings. The molecule has 102 valence electrons. The molecular formula is C17H23NO. The molecule has 0 saturated heterocycles. The number of aryl methyl sites for hydroxylation is 2. The molecule has 19 heavy (non-hydrogen) atoms. The number of hydrogen-bond acceptors (Lipinski definition) is 2. The first-order chi connectivity index (χ1) is 8.98. The summed E-state index contributed by atoms with van der Waals surface area (Å²) in [5.74, 6) is 0.674. The van der Waals surface area contributed by atoms with Crippen molar-refractivity contribution in [3.63, 3.8) is 0 Å². The van der Waals surface area contributed by atoms with E-state index in [0.29, 0.717) is 5.92 Å². The summed E-state index contributed by atoms with van der Waals surface area (Å²) in [6.45, 7) is 6.34. The van der Waals surface area contributed by atoms with Crippen LogP contribution in [0.4, 0.5) is 0 Å². The molecule has 2 heteroatoms. The van der Waals surface area contributed by atoms with E-state index >= 15 is 0 Å². The molecule has 1 unspecified atom stereocenters. The summed E-state index contributed by atoms with van der Waals surface area (Å²) in [6.07, 6.45) is 3.02. The van der Waals surface area contributed by atoms with Crippen LogP contribution >= 0.6 is 0 Å². The fraction of sp³-hybridized carbons (Fsp3) is 0.588. The Morgan fingerprint density at radius 3 is 2.42 bits per heavy atom. The van der Waals surface area contributed by atoms with E-state index in [1.54, 1.807) is 0 Å². The molecule has 1 saturated carbocycles. The van der Waals surface area contributed by atoms with E-state index in [2.05, 4.69) is 19.9 Å². The molecule has 0 aromatic heterocycles. The molecule has 1 aliphatic carbocycles. The first kappa shape index (κ1) is 14.1. The van der Waals surface area contributed by atoms with Gasteiger partial charge in [0.05, 0.1) is 17.6 Å². The molecule has 1 aliphatic rings. The summed E-state index contributed by atoms with van der Waals surface area (Å²) in [5.41, 5.74) is 2.70. The minimum absolute atomic E-state index is 0.589. The van der Waals surface area contributed by atoms with Gasteiger partial charge < -0.3 is 5.11 Å². The van der Waals surface area contributed by atoms with Crippen molar-refractivity contribution >= 4 is 0 Å². The van der Waals surface area contributed by atoms with Gasteiger partial charge in [0.25, 0.3) is 0 Å². The lowest BCUT2D eigenvalue weighted by Gasteiger charge is -2.37. The summed E-state index contributed by atoms with van der Waals surface area (Å²) >= 11 is 0. The smallest absolute Gasteiger partial charge is 0.0976 e. The number of aliphatic hydroxyl groups excluding tert-OH is 1. The quantitative estimate of drug-likeness (QED) is 0.868. The Bertz CT molecular complexity index is 492. The molecule has 0 aliphatic heterocycles. The van der Waals surface area contributed by atoms with Gasteiger partial charge in [-0.25, -0.2) is 0 Å². The SMILES string of the molecule is Cc1ccc(C(O)C2(C#N)CCC(C)CC2)cc1C. The van der Waals surface area contributed by atoms with E-state index in [-0.39, 0.29) is 0 Å². The van der Waals surface area contributed by atoms with Crippen LogP contribution in [0.15, 0.2) is 18.2 Å². The van der Waals surface area contributed by atoms with Gasteiger partial charge in [0.2, 0.25) is 0 Å². The van der Waals surface area contributed by atoms with Gasteiger partial charge in [0.15, 0.2) is 0 Å². The van der Waals surface area contributed by atoms with E-state index in [0.717, 1.165) is 31.2 Å². The molecule has 0 bridgehead atoms. The molecule has 0 radical (unpaired) electrons. The fourth-order valence-electron chi connectivity index (χ4n) is 2.98. The molecule has 2 rings (SSSR count). The van der Waals surface area contributed by atoms with E-state index in [1.807, 2.05) is 25.1 Å². The van der Waals surface area contributed by atoms with E-state index < -0.39 is 11.5 Å². The normalized spacial score (nSPS) is 28.7. The topological polar surface area (TPSA) is 44.0 Å². The van der Waals surface area contributed by atoms with Crippen molar-refractivity contribution in [2.24, 2.45) is 11.3 Å². The maximum Gasteiger partial charge on any atom is 0.0976 e. The highest BCUT2D eigenvalue weighted by Gasteiger charge is 2.41. The van der Waals surface area contributed by atoms with Crippen molar-refractivity contribution in [2.45, 2.75) is 52.6 Å². The third-order valence-corrected chi connectivity index (χ3v) is 4.76. The third kappa shape index (κ3) is 2.67. The fourth-order valence-corrected chi connectivity index (χ4v) is 2.98. The van der Waals surface area contributed by atoms with Crippen molar-refractivity contribution in [1.29, 1.82) is 5.26 Å². The monoisotopic (exact) mass is 257 g/mol. The molecule has 1 N–H and O–H groups in total. The second-order valence-electron chi connectivity index (χ2n) is 6.20. The lowest BCUT2D eigenvalue weighted by Crippen LogP contribution is -2.32. The predicted octanol–water partition coefficient (Wildman–Crippen LogP) is 4.06. The third-order valence-electron chi connectivity index (χ3n) is 4.76. The lowest BCUT2D eigenvalue weighted by molar-refractivity contribution is 0.0266. The van der Waals surface area contributed by atoms with Gasteiger partial charge >= 0.3 is 0 Å². The summed E-state index contributed by atoms with van der Waals surface area (Å²) in [5, 5.41) is 20.2. The molecule has 1 aromatic carbocycles. The van der Waals surface area contributed by atoms with E-state index in [9.17, 15) is 10.4 Å². The number of nitriles is 1. The van der Waals surface area contributed by atoms with E-state index in [4.69, 9.17) is 0 Å². The molecule has 2 nitrogen and oxygen atoms in total. The average Bonchev–Trinajstić information content (AvgIpc) is 2.42. The minimum Gasteiger partial charge on any atom is -0.387 e. The molecule has 1 fully saturated rings. The van der Waals surface area contributed by atoms with Gasteiger partial charge in [0, 0.05) is 0 Å². The Morgan fingerprint density at radius 1 is 1.26 bits per heavy atom. The summed E-state index contributed by atoms with van der Waals surface area (Å²) in [7, 11) is 0. The van der Waals surface area contributed by atoms with Gasteiger partial charge in [0.1, 0.15) is 0 Å². The largest absolute Gasteiger partial charge is 0.387 e. The van der Waals surface area contributed by atoms with Crippen LogP contribution in [-0.2, 0) is 0 Å². The van der Waals surface area contributed by atoms with Crippen molar-refractivity contribution in [3.8, 4) is 6.07 Å². The highest BCUT2D eigenvalue weighted by molar-refractivity contribution is 5.33. The molecular weight excluding hydrogens is 234 g/mol. The zero-order valence-corrected chi connectivity index (χ0v) is 12.1. The van der Waals surface area contributed by atoms with Crippen LogP contribution in [0.1, 0.15) is 55.4 Å². The maximum atomic E-state index is 10.7. The Kier molecular flexibility index (Phi) is 3.96. The Balaban J connectivity index is 2.28. The lowest BCUT2D eigenvalue weighted by atomic mass is 9.67. The van der Waals surface area contributed by atoms with Gasteiger partial charge in [-0.1, -0.05) is 25.1 Å². The van der Waals surface area contributed by atoms with Gasteiger partial charge in [-0.3, -0.25) is 0 Å². The van der Waals surface area contributed by atoms with Crippen LogP contribution in [0.3, 0.4) is 0 Å². The van der Waals surface area contributed by atoms with Gasteiger partial charge in [-0.15, -0.1) is 0 Å². The molecule has 0 spiro atoms. The number of aliphatic hydroxyl groups is 1. The zero-order valence-electron chi connectivity index (χ0n) is 12.1. The molecule has 0 amide bonds. The number of hydrogen-bond donors (Lipinski definition) is 1. The Hall–Kier alpha value is -1.33. The molecule has 0 heterocycles. The Morgan fingerprint density at radius 2 is 1.89 bits per heavy atom. The molecule has 1 atom stereocenters. The van der Waals surface area contributed by atoms with Gasteiger partial charge in [-0.2, -0.15) is 5.26 Å². The van der Waals surface area contributed by atoms with Crippen molar-refractivity contribution in [1.82, 2.24) is 0 Å². The van der Waals surface area contributed by atoms with Crippen LogP contribution in [0, 0.1) is 36.5 Å². The van der Waals surface area contributed by atoms with Crippen LogP contribution in [0.25, 0.3) is 0 Å². The Labute approximate surface area is 116 Å². The second kappa shape index (κ2) is 5.35. The summed E-state index contributed by atoms with van der Waals surface area (Å²) < 4.78 is 0. The zero-order chi connectivity index (χ0) is 14.0. The highest BCUT2D eigenvalue weighted by atomic mass is 16.3. The van der Waals surface area contributed by atoms with Crippen molar-refractivity contribution < 1.29 is 5.11 Å². The minimum atomic E-state index is -0.663. The predicted molar refractivity (Wildman–Crippen MR) is 76.6 cm³/mol. The van der Waals surface area contributed by atoms with Crippen LogP contribution in [-0.4, -0.2) is 5.11 Å². The second-order valence-corrected chi connectivity index (χ2v) is 6.20. The van der Waals surface area contributed by atoms with Crippen LogP contribution < -0.4 is 0 Å². The number of benzene rings is 1. The average molecular weight is 257 g/mol. The first-order valence-electron chi connectivity index (χ1n) is 7.15. The highest BCUT2D eigenvalue weighted by Crippen LogP contribution is 2.47. The number of nitrogens with zero attached hydrogens (tertiary/aromatic N) is 1. The number of rotatable bonds is 2. The first-order valence-corrected chi connectivity index (χ1v) is 7.15. The van der Waals surface area contributed by atoms with Gasteiger partial charge in [-0.05, 0) is 62.1 Å². The van der Waals surface area contributed by atoms with Crippen molar-refractivity contribution in [2.75, 3.05) is 0 Å².